The van der Waals surface area contributed by atoms with Gasteiger partial charge in [0, 0.05) is 6.07 Å². The number of nitrogens with two attached hydrogens (primary N) is 1. The molecule has 0 radical (unpaired) electrons. The second-order valence-electron chi connectivity index (χ2n) is 3.90. The number of benzene rings is 1. The summed E-state index contributed by atoms with van der Waals surface area (Å²) in [4.78, 5) is 0. The standard InChI is InChI=1S/C12H14FN5O/c1-7(2)19-11-4-3-8(13)5-9(11)17-18-10(6-14)12(15)16/h3-5,7,17H,1-2H3,(H3,15,16)/b18-10+. The van der Waals surface area contributed by atoms with Crippen molar-refractivity contribution in [2.24, 2.45) is 10.8 Å². The van der Waals surface area contributed by atoms with E-state index in [0.29, 0.717) is 5.75 Å². The lowest BCUT2D eigenvalue weighted by molar-refractivity contribution is 0.243. The molecule has 0 saturated carbocycles. The number of hydrazone groups is 1. The fourth-order valence-corrected chi connectivity index (χ4v) is 1.21. The lowest BCUT2D eigenvalue weighted by Crippen LogP contribution is -2.22. The zero-order valence-electron chi connectivity index (χ0n) is 10.6. The van der Waals surface area contributed by atoms with Gasteiger partial charge in [-0.05, 0) is 26.0 Å². The van der Waals surface area contributed by atoms with Crippen molar-refractivity contribution in [2.75, 3.05) is 5.43 Å². The Morgan fingerprint density at radius 1 is 1.58 bits per heavy atom. The number of nitrogens with one attached hydrogen (secondary N) is 2. The van der Waals surface area contributed by atoms with Gasteiger partial charge in [0.05, 0.1) is 6.10 Å². The number of nitrogens with zero attached hydrogens (tertiary/aromatic N) is 2. The highest BCUT2D eigenvalue weighted by molar-refractivity contribution is 6.45. The fourth-order valence-electron chi connectivity index (χ4n) is 1.21. The monoisotopic (exact) mass is 263 g/mol. The lowest BCUT2D eigenvalue weighted by Gasteiger charge is -2.13. The molecule has 0 fully saturated rings. The van der Waals surface area contributed by atoms with Gasteiger partial charge in [-0.15, -0.1) is 0 Å². The molecule has 1 rings (SSSR count). The summed E-state index contributed by atoms with van der Waals surface area (Å²) in [6, 6.07) is 5.53. The van der Waals surface area contributed by atoms with E-state index in [1.165, 1.54) is 18.2 Å². The number of nitriles is 1. The van der Waals surface area contributed by atoms with E-state index in [-0.39, 0.29) is 17.5 Å². The van der Waals surface area contributed by atoms with E-state index in [4.69, 9.17) is 21.1 Å². The predicted molar refractivity (Wildman–Crippen MR) is 70.7 cm³/mol. The Hall–Kier alpha value is -2.62. The zero-order chi connectivity index (χ0) is 14.4. The van der Waals surface area contributed by atoms with Crippen molar-refractivity contribution in [3.05, 3.63) is 24.0 Å². The highest BCUT2D eigenvalue weighted by Crippen LogP contribution is 2.26. The van der Waals surface area contributed by atoms with Crippen molar-refractivity contribution in [3.8, 4) is 11.8 Å². The molecule has 0 aliphatic heterocycles. The SMILES string of the molecule is CC(C)Oc1ccc(F)cc1N/N=C(\C#N)C(=N)N. The molecule has 0 aliphatic carbocycles. The summed E-state index contributed by atoms with van der Waals surface area (Å²) in [6.45, 7) is 3.65. The minimum absolute atomic E-state index is 0.0989. The van der Waals surface area contributed by atoms with Gasteiger partial charge in [0.15, 0.2) is 5.84 Å². The molecule has 0 unspecified atom stereocenters. The predicted octanol–water partition coefficient (Wildman–Crippen LogP) is 1.84. The van der Waals surface area contributed by atoms with E-state index in [2.05, 4.69) is 10.5 Å². The summed E-state index contributed by atoms with van der Waals surface area (Å²) < 4.78 is 18.6. The first-order chi connectivity index (χ1) is 8.93. The quantitative estimate of drug-likeness (QED) is 0.428. The smallest absolute Gasteiger partial charge is 0.201 e. The number of amidine groups is 1. The average molecular weight is 263 g/mol. The van der Waals surface area contributed by atoms with Crippen molar-refractivity contribution in [2.45, 2.75) is 20.0 Å². The summed E-state index contributed by atoms with van der Waals surface area (Å²) in [7, 11) is 0. The Morgan fingerprint density at radius 3 is 2.79 bits per heavy atom. The average Bonchev–Trinajstić information content (AvgIpc) is 2.32. The molecule has 4 N–H and O–H groups in total. The molecule has 0 amide bonds. The summed E-state index contributed by atoms with van der Waals surface area (Å²) in [5.74, 6) is -0.561. The van der Waals surface area contributed by atoms with Crippen LogP contribution in [-0.4, -0.2) is 17.7 Å². The third-order valence-electron chi connectivity index (χ3n) is 1.95. The van der Waals surface area contributed by atoms with Crippen LogP contribution in [0.2, 0.25) is 0 Å². The maximum Gasteiger partial charge on any atom is 0.201 e. The van der Waals surface area contributed by atoms with Gasteiger partial charge >= 0.3 is 0 Å². The Morgan fingerprint density at radius 2 is 2.26 bits per heavy atom. The molecule has 0 heterocycles. The molecule has 0 bridgehead atoms. The van der Waals surface area contributed by atoms with E-state index >= 15 is 0 Å². The van der Waals surface area contributed by atoms with Crippen LogP contribution in [0.1, 0.15) is 13.8 Å². The van der Waals surface area contributed by atoms with Gasteiger partial charge in [-0.25, -0.2) is 4.39 Å². The van der Waals surface area contributed by atoms with Crippen LogP contribution in [-0.2, 0) is 0 Å². The maximum absolute atomic E-state index is 13.2. The highest BCUT2D eigenvalue weighted by atomic mass is 19.1. The Balaban J connectivity index is 3.02. The van der Waals surface area contributed by atoms with Crippen LogP contribution in [0.25, 0.3) is 0 Å². The van der Waals surface area contributed by atoms with Crippen LogP contribution in [0.5, 0.6) is 5.75 Å². The van der Waals surface area contributed by atoms with Crippen LogP contribution in [0.3, 0.4) is 0 Å². The van der Waals surface area contributed by atoms with Gasteiger partial charge in [0.25, 0.3) is 0 Å². The molecular weight excluding hydrogens is 249 g/mol. The van der Waals surface area contributed by atoms with Gasteiger partial charge in [0.1, 0.15) is 23.3 Å². The van der Waals surface area contributed by atoms with Crippen molar-refractivity contribution in [3.63, 3.8) is 0 Å². The van der Waals surface area contributed by atoms with Crippen LogP contribution in [0.15, 0.2) is 23.3 Å². The Kier molecular flexibility index (Phi) is 4.83. The molecule has 19 heavy (non-hydrogen) atoms. The van der Waals surface area contributed by atoms with Crippen molar-refractivity contribution in [1.82, 2.24) is 0 Å². The number of hydrogen-bond acceptors (Lipinski definition) is 5. The molecule has 0 aliphatic rings. The number of ether oxygens (including phenoxy) is 1. The molecule has 1 aromatic carbocycles. The van der Waals surface area contributed by atoms with Crippen LogP contribution in [0, 0.1) is 22.6 Å². The first kappa shape index (κ1) is 14.4. The third-order valence-corrected chi connectivity index (χ3v) is 1.95. The minimum atomic E-state index is -0.477. The summed E-state index contributed by atoms with van der Waals surface area (Å²) in [5.41, 5.74) is 7.58. The first-order valence-electron chi connectivity index (χ1n) is 5.48. The molecule has 0 aromatic heterocycles. The van der Waals surface area contributed by atoms with E-state index in [9.17, 15) is 4.39 Å². The second-order valence-corrected chi connectivity index (χ2v) is 3.90. The molecule has 100 valence electrons. The zero-order valence-corrected chi connectivity index (χ0v) is 10.6. The molecule has 6 nitrogen and oxygen atoms in total. The van der Waals surface area contributed by atoms with Gasteiger partial charge in [-0.3, -0.25) is 10.8 Å². The minimum Gasteiger partial charge on any atom is -0.489 e. The Bertz CT molecular complexity index is 548. The number of halogens is 1. The largest absolute Gasteiger partial charge is 0.489 e. The molecule has 1 aromatic rings. The van der Waals surface area contributed by atoms with Crippen LogP contribution < -0.4 is 15.9 Å². The van der Waals surface area contributed by atoms with Gasteiger partial charge in [0.2, 0.25) is 5.71 Å². The summed E-state index contributed by atoms with van der Waals surface area (Å²) >= 11 is 0. The molecule has 0 saturated heterocycles. The summed E-state index contributed by atoms with van der Waals surface area (Å²) in [5, 5.41) is 19.4. The van der Waals surface area contributed by atoms with E-state index < -0.39 is 11.7 Å². The fraction of sp³-hybridized carbons (Fsp3) is 0.250. The number of anilines is 1. The molecule has 7 heteroatoms. The number of hydrogen-bond donors (Lipinski definition) is 3. The van der Waals surface area contributed by atoms with Gasteiger partial charge in [-0.1, -0.05) is 0 Å². The maximum atomic E-state index is 13.2. The van der Waals surface area contributed by atoms with Crippen molar-refractivity contribution < 1.29 is 9.13 Å². The second kappa shape index (κ2) is 6.35. The van der Waals surface area contributed by atoms with E-state index in [0.717, 1.165) is 0 Å². The topological polar surface area (TPSA) is 107 Å². The highest BCUT2D eigenvalue weighted by Gasteiger charge is 2.08. The normalized spacial score (nSPS) is 11.0. The molecule has 0 spiro atoms. The van der Waals surface area contributed by atoms with Crippen molar-refractivity contribution in [1.29, 1.82) is 10.7 Å². The summed E-state index contributed by atoms with van der Waals surface area (Å²) in [6.07, 6.45) is -0.0989. The molecular formula is C12H14FN5O. The first-order valence-corrected chi connectivity index (χ1v) is 5.48. The van der Waals surface area contributed by atoms with Crippen LogP contribution in [0.4, 0.5) is 10.1 Å². The lowest BCUT2D eigenvalue weighted by atomic mass is 10.3. The third kappa shape index (κ3) is 4.27. The van der Waals surface area contributed by atoms with Crippen molar-refractivity contribution >= 4 is 17.2 Å². The van der Waals surface area contributed by atoms with Gasteiger partial charge < -0.3 is 10.5 Å². The van der Waals surface area contributed by atoms with E-state index in [1.807, 2.05) is 13.8 Å². The van der Waals surface area contributed by atoms with Crippen LogP contribution >= 0.6 is 0 Å². The Labute approximate surface area is 110 Å². The molecule has 0 atom stereocenters. The van der Waals surface area contributed by atoms with Gasteiger partial charge in [-0.2, -0.15) is 10.4 Å². The number of rotatable bonds is 5. The van der Waals surface area contributed by atoms with E-state index in [1.54, 1.807) is 6.07 Å².